The zero-order valence-corrected chi connectivity index (χ0v) is 20.4. The van der Waals surface area contributed by atoms with Gasteiger partial charge in [-0.1, -0.05) is 11.6 Å². The summed E-state index contributed by atoms with van der Waals surface area (Å²) in [5, 5.41) is -0.181. The van der Waals surface area contributed by atoms with Gasteiger partial charge in [0.25, 0.3) is 0 Å². The molecule has 0 spiro atoms. The summed E-state index contributed by atoms with van der Waals surface area (Å²) in [6.07, 6.45) is -4.60. The van der Waals surface area contributed by atoms with Gasteiger partial charge >= 0.3 is 6.18 Å². The molecule has 3 heterocycles. The lowest BCUT2D eigenvalue weighted by atomic mass is 10.1. The Hall–Kier alpha value is -2.76. The summed E-state index contributed by atoms with van der Waals surface area (Å²) >= 11 is 5.92. The fourth-order valence-electron chi connectivity index (χ4n) is 4.65. The highest BCUT2D eigenvalue weighted by atomic mass is 35.5. The largest absolute Gasteiger partial charge is 0.416 e. The van der Waals surface area contributed by atoms with Crippen molar-refractivity contribution in [3.8, 4) is 0 Å². The van der Waals surface area contributed by atoms with Gasteiger partial charge in [0.1, 0.15) is 17.7 Å². The van der Waals surface area contributed by atoms with E-state index >= 15 is 0 Å². The number of pyridine rings is 1. The van der Waals surface area contributed by atoms with E-state index in [4.69, 9.17) is 16.3 Å². The third-order valence-corrected chi connectivity index (χ3v) is 6.65. The summed E-state index contributed by atoms with van der Waals surface area (Å²) in [6, 6.07) is 3.64. The summed E-state index contributed by atoms with van der Waals surface area (Å²) in [6.45, 7) is 4.96. The van der Waals surface area contributed by atoms with Crippen LogP contribution in [0.15, 0.2) is 30.3 Å². The van der Waals surface area contributed by atoms with Gasteiger partial charge in [0.05, 0.1) is 29.8 Å². The summed E-state index contributed by atoms with van der Waals surface area (Å²) < 4.78 is 59.8. The van der Waals surface area contributed by atoms with Crippen LogP contribution >= 0.6 is 11.6 Å². The minimum absolute atomic E-state index is 0.0556. The van der Waals surface area contributed by atoms with E-state index in [2.05, 4.69) is 4.98 Å². The first-order valence-corrected chi connectivity index (χ1v) is 11.9. The van der Waals surface area contributed by atoms with Crippen molar-refractivity contribution in [2.45, 2.75) is 38.5 Å². The SMILES string of the molecule is CCN(C(=O)[C@@H]1C[C@H](N2CCOCC2)C(=O)N1c1cc(C(F)(F)F)cc(C)n1)c1ccc(F)c(Cl)c1. The second-order valence-corrected chi connectivity index (χ2v) is 9.07. The average Bonchev–Trinajstić information content (AvgIpc) is 3.18. The first kappa shape index (κ1) is 26.3. The van der Waals surface area contributed by atoms with E-state index in [9.17, 15) is 27.2 Å². The molecule has 0 unspecified atom stereocenters. The van der Waals surface area contributed by atoms with Gasteiger partial charge in [0, 0.05) is 37.4 Å². The first-order valence-electron chi connectivity index (χ1n) is 11.5. The fraction of sp³-hybridized carbons (Fsp3) is 0.458. The summed E-state index contributed by atoms with van der Waals surface area (Å²) in [7, 11) is 0. The second-order valence-electron chi connectivity index (χ2n) is 8.66. The van der Waals surface area contributed by atoms with Crippen molar-refractivity contribution in [3.63, 3.8) is 0 Å². The number of ether oxygens (including phenoxy) is 1. The van der Waals surface area contributed by atoms with Crippen molar-refractivity contribution in [1.29, 1.82) is 0 Å². The van der Waals surface area contributed by atoms with Crippen LogP contribution in [0.2, 0.25) is 5.02 Å². The lowest BCUT2D eigenvalue weighted by molar-refractivity contribution is -0.137. The molecular formula is C24H25ClF4N4O3. The maximum absolute atomic E-state index is 13.8. The highest BCUT2D eigenvalue weighted by molar-refractivity contribution is 6.31. The van der Waals surface area contributed by atoms with Crippen LogP contribution in [0.5, 0.6) is 0 Å². The molecule has 12 heteroatoms. The number of aryl methyl sites for hydroxylation is 1. The van der Waals surface area contributed by atoms with Gasteiger partial charge in [-0.3, -0.25) is 19.4 Å². The Morgan fingerprint density at radius 2 is 1.92 bits per heavy atom. The number of hydrogen-bond donors (Lipinski definition) is 0. The van der Waals surface area contributed by atoms with E-state index in [0.29, 0.717) is 32.0 Å². The molecule has 2 aliphatic heterocycles. The van der Waals surface area contributed by atoms with Crippen molar-refractivity contribution in [2.75, 3.05) is 42.6 Å². The average molecular weight is 529 g/mol. The Balaban J connectivity index is 1.76. The third kappa shape index (κ3) is 5.18. The van der Waals surface area contributed by atoms with Crippen LogP contribution in [0.4, 0.5) is 29.1 Å². The number of aromatic nitrogens is 1. The topological polar surface area (TPSA) is 66.0 Å². The Kier molecular flexibility index (Phi) is 7.53. The van der Waals surface area contributed by atoms with E-state index in [0.717, 1.165) is 23.1 Å². The predicted molar refractivity (Wildman–Crippen MR) is 125 cm³/mol. The van der Waals surface area contributed by atoms with Gasteiger partial charge in [-0.25, -0.2) is 9.37 Å². The molecule has 2 aliphatic rings. The van der Waals surface area contributed by atoms with Gasteiger partial charge in [-0.15, -0.1) is 0 Å². The van der Waals surface area contributed by atoms with Gasteiger partial charge in [-0.05, 0) is 44.2 Å². The Bertz CT molecular complexity index is 1160. The van der Waals surface area contributed by atoms with Gasteiger partial charge in [0.15, 0.2) is 0 Å². The Labute approximate surface area is 210 Å². The Morgan fingerprint density at radius 3 is 2.53 bits per heavy atom. The van der Waals surface area contributed by atoms with Crippen molar-refractivity contribution in [1.82, 2.24) is 9.88 Å². The standard InChI is InChI=1S/C24H25ClF4N4O3/c1-3-32(16-4-5-18(26)17(25)12-16)22(34)20-13-19(31-6-8-36-9-7-31)23(35)33(20)21-11-15(24(27,28)29)10-14(2)30-21/h4-5,10-12,19-20H,3,6-9,13H2,1-2H3/t19-,20-/m0/s1. The number of benzene rings is 1. The van der Waals surface area contributed by atoms with Crippen LogP contribution in [-0.4, -0.2) is 66.6 Å². The number of alkyl halides is 3. The first-order chi connectivity index (χ1) is 17.0. The molecule has 36 heavy (non-hydrogen) atoms. The van der Waals surface area contributed by atoms with Crippen LogP contribution in [0.25, 0.3) is 0 Å². The van der Waals surface area contributed by atoms with Crippen molar-refractivity contribution in [3.05, 3.63) is 52.4 Å². The number of rotatable bonds is 5. The molecule has 2 amide bonds. The number of morpholine rings is 1. The molecule has 7 nitrogen and oxygen atoms in total. The molecule has 1 aromatic carbocycles. The van der Waals surface area contributed by atoms with Crippen molar-refractivity contribution >= 4 is 34.9 Å². The zero-order chi connectivity index (χ0) is 26.2. The van der Waals surface area contributed by atoms with Gasteiger partial charge in [-0.2, -0.15) is 13.2 Å². The molecule has 1 aromatic heterocycles. The van der Waals surface area contributed by atoms with Crippen molar-refractivity contribution < 1.29 is 31.9 Å². The maximum Gasteiger partial charge on any atom is 0.416 e. The van der Waals surface area contributed by atoms with Crippen LogP contribution in [0.3, 0.4) is 0 Å². The van der Waals surface area contributed by atoms with Gasteiger partial charge < -0.3 is 9.64 Å². The number of carbonyl (C=O) groups is 2. The molecular weight excluding hydrogens is 504 g/mol. The number of likely N-dealkylation sites (N-methyl/N-ethyl adjacent to an activating group) is 1. The quantitative estimate of drug-likeness (QED) is 0.548. The molecule has 2 aromatic rings. The lowest BCUT2D eigenvalue weighted by Gasteiger charge is -2.30. The molecule has 0 radical (unpaired) electrons. The van der Waals surface area contributed by atoms with E-state index in [1.165, 1.54) is 24.0 Å². The molecule has 4 rings (SSSR count). The number of nitrogens with zero attached hydrogens (tertiary/aromatic N) is 4. The van der Waals surface area contributed by atoms with E-state index in [1.54, 1.807) is 6.92 Å². The van der Waals surface area contributed by atoms with Crippen LogP contribution < -0.4 is 9.80 Å². The van der Waals surface area contributed by atoms with E-state index in [1.807, 2.05) is 4.90 Å². The number of amides is 2. The fourth-order valence-corrected chi connectivity index (χ4v) is 4.82. The maximum atomic E-state index is 13.8. The molecule has 2 fully saturated rings. The summed E-state index contributed by atoms with van der Waals surface area (Å²) in [5.41, 5.74) is -0.591. The molecule has 0 saturated carbocycles. The molecule has 2 atom stereocenters. The highest BCUT2D eigenvalue weighted by Crippen LogP contribution is 2.36. The van der Waals surface area contributed by atoms with E-state index in [-0.39, 0.29) is 29.5 Å². The minimum atomic E-state index is -4.66. The van der Waals surface area contributed by atoms with Crippen LogP contribution in [0.1, 0.15) is 24.6 Å². The smallest absolute Gasteiger partial charge is 0.379 e. The molecule has 0 bridgehead atoms. The monoisotopic (exact) mass is 528 g/mol. The number of carbonyl (C=O) groups excluding carboxylic acids is 2. The van der Waals surface area contributed by atoms with Crippen molar-refractivity contribution in [2.24, 2.45) is 0 Å². The molecule has 2 saturated heterocycles. The minimum Gasteiger partial charge on any atom is -0.379 e. The third-order valence-electron chi connectivity index (χ3n) is 6.36. The van der Waals surface area contributed by atoms with Gasteiger partial charge in [0.2, 0.25) is 11.8 Å². The second kappa shape index (κ2) is 10.3. The van der Waals surface area contributed by atoms with Crippen LogP contribution in [0, 0.1) is 12.7 Å². The Morgan fingerprint density at radius 1 is 1.22 bits per heavy atom. The normalized spacial score (nSPS) is 21.2. The van der Waals surface area contributed by atoms with Crippen LogP contribution in [-0.2, 0) is 20.5 Å². The molecule has 194 valence electrons. The molecule has 0 N–H and O–H groups in total. The zero-order valence-electron chi connectivity index (χ0n) is 19.7. The van der Waals surface area contributed by atoms with E-state index < -0.39 is 41.5 Å². The number of anilines is 2. The predicted octanol–water partition coefficient (Wildman–Crippen LogP) is 4.06. The number of halogens is 5. The number of hydrogen-bond acceptors (Lipinski definition) is 5. The lowest BCUT2D eigenvalue weighted by Crippen LogP contribution is -2.49. The molecule has 0 aliphatic carbocycles. The highest BCUT2D eigenvalue weighted by Gasteiger charge is 2.49. The summed E-state index contributed by atoms with van der Waals surface area (Å²) in [5.74, 6) is -1.93. The summed E-state index contributed by atoms with van der Waals surface area (Å²) in [4.78, 5) is 35.9.